The van der Waals surface area contributed by atoms with E-state index in [9.17, 15) is 5.11 Å². The van der Waals surface area contributed by atoms with Gasteiger partial charge in [-0.2, -0.15) is 24.0 Å². The second-order valence-electron chi connectivity index (χ2n) is 4.09. The molecule has 0 saturated carbocycles. The molecule has 3 heteroatoms. The molecule has 2 aromatic rings. The molecule has 0 bridgehead atoms. The molecular formula is C15H15FeIO-6. The van der Waals surface area contributed by atoms with Crippen molar-refractivity contribution < 1.29 is 22.2 Å². The van der Waals surface area contributed by atoms with Gasteiger partial charge in [-0.15, -0.1) is 12.1 Å². The van der Waals surface area contributed by atoms with E-state index in [1.54, 1.807) is 13.8 Å². The van der Waals surface area contributed by atoms with Crippen LogP contribution >= 0.6 is 22.6 Å². The van der Waals surface area contributed by atoms with Gasteiger partial charge in [-0.1, -0.05) is 5.56 Å². The Morgan fingerprint density at radius 3 is 2.00 bits per heavy atom. The Balaban J connectivity index is 0.000000352. The molecule has 0 spiro atoms. The summed E-state index contributed by atoms with van der Waals surface area (Å²) < 4.78 is 1.31. The molecule has 0 radical (unpaired) electrons. The largest absolute Gasteiger partial charge is 0.747 e. The van der Waals surface area contributed by atoms with E-state index in [2.05, 4.69) is 46.6 Å². The molecule has 0 aliphatic carbocycles. The Morgan fingerprint density at radius 2 is 1.67 bits per heavy atom. The van der Waals surface area contributed by atoms with E-state index >= 15 is 0 Å². The fraction of sp³-hybridized carbons (Fsp3) is 0.200. The molecule has 0 aromatic heterocycles. The average Bonchev–Trinajstić information content (AvgIpc) is 2.86. The predicted octanol–water partition coefficient (Wildman–Crippen LogP) is 3.54. The quantitative estimate of drug-likeness (QED) is 0.314. The van der Waals surface area contributed by atoms with Crippen molar-refractivity contribution in [3.63, 3.8) is 0 Å². The van der Waals surface area contributed by atoms with E-state index in [4.69, 9.17) is 0 Å². The van der Waals surface area contributed by atoms with E-state index in [0.29, 0.717) is 0 Å². The zero-order chi connectivity index (χ0) is 12.7. The van der Waals surface area contributed by atoms with Gasteiger partial charge in [-0.05, 0) is 13.8 Å². The van der Waals surface area contributed by atoms with Gasteiger partial charge in [0.2, 0.25) is 0 Å². The molecule has 0 atom stereocenters. The van der Waals surface area contributed by atoms with Crippen LogP contribution in [0.5, 0.6) is 0 Å². The molecule has 102 valence electrons. The van der Waals surface area contributed by atoms with Gasteiger partial charge in [0, 0.05) is 17.1 Å². The molecule has 18 heavy (non-hydrogen) atoms. The van der Waals surface area contributed by atoms with Crippen LogP contribution in [0.1, 0.15) is 19.4 Å². The number of aliphatic hydroxyl groups is 1. The number of halogens is 1. The summed E-state index contributed by atoms with van der Waals surface area (Å²) in [5.41, 5.74) is 0.0594. The van der Waals surface area contributed by atoms with Gasteiger partial charge < -0.3 is 55.5 Å². The molecule has 1 nitrogen and oxygen atoms in total. The van der Waals surface area contributed by atoms with Crippen LogP contribution in [-0.2, 0) is 17.1 Å². The molecule has 1 N–H and O–H groups in total. The smallest absolute Gasteiger partial charge is 0.0787 e. The maximum Gasteiger partial charge on any atom is 0.0787 e. The maximum atomic E-state index is 9.24. The summed E-state index contributed by atoms with van der Waals surface area (Å²) >= 11 is 2.28. The number of hydrogen-bond acceptors (Lipinski definition) is 1. The first kappa shape index (κ1) is 17.5. The Bertz CT molecular complexity index is 467. The van der Waals surface area contributed by atoms with Crippen molar-refractivity contribution in [1.82, 2.24) is 0 Å². The van der Waals surface area contributed by atoms with Crippen LogP contribution in [0.4, 0.5) is 0 Å². The zero-order valence-corrected chi connectivity index (χ0v) is 13.6. The van der Waals surface area contributed by atoms with Crippen LogP contribution in [0.15, 0.2) is 48.5 Å². The van der Waals surface area contributed by atoms with E-state index in [-0.39, 0.29) is 17.1 Å². The van der Waals surface area contributed by atoms with E-state index in [0.717, 1.165) is 5.56 Å². The van der Waals surface area contributed by atoms with Crippen LogP contribution in [-0.4, -0.2) is 10.7 Å². The molecule has 0 aliphatic rings. The minimum atomic E-state index is -0.892. The molecule has 2 aromatic carbocycles. The summed E-state index contributed by atoms with van der Waals surface area (Å²) in [5, 5.41) is 9.24. The van der Waals surface area contributed by atoms with Gasteiger partial charge in [0.05, 0.1) is 5.60 Å². The first-order valence-electron chi connectivity index (χ1n) is 5.32. The van der Waals surface area contributed by atoms with E-state index in [1.165, 1.54) is 3.57 Å². The van der Waals surface area contributed by atoms with Crippen molar-refractivity contribution in [3.05, 3.63) is 57.7 Å². The van der Waals surface area contributed by atoms with Gasteiger partial charge in [0.1, 0.15) is 0 Å². The fourth-order valence-corrected chi connectivity index (χ4v) is 1.45. The monoisotopic (exact) mass is 394 g/mol. The Morgan fingerprint density at radius 1 is 1.17 bits per heavy atom. The Hall–Kier alpha value is -0.531. The van der Waals surface area contributed by atoms with Crippen molar-refractivity contribution >= 4 is 22.6 Å². The first-order chi connectivity index (χ1) is 7.97. The molecule has 0 saturated heterocycles. The molecular weight excluding hydrogens is 379 g/mol. The van der Waals surface area contributed by atoms with E-state index < -0.39 is 5.60 Å². The fourth-order valence-electron chi connectivity index (χ4n) is 1.03. The van der Waals surface area contributed by atoms with E-state index in [1.807, 2.05) is 36.4 Å². The number of rotatable bonds is 0. The van der Waals surface area contributed by atoms with Crippen LogP contribution in [0.25, 0.3) is 0 Å². The molecule has 0 fully saturated rings. The second kappa shape index (κ2) is 8.55. The Labute approximate surface area is 133 Å². The van der Waals surface area contributed by atoms with Crippen molar-refractivity contribution in [3.8, 4) is 11.8 Å². The maximum absolute atomic E-state index is 9.24. The molecule has 0 unspecified atom stereocenters. The van der Waals surface area contributed by atoms with Gasteiger partial charge in [-0.25, -0.2) is 0 Å². The topological polar surface area (TPSA) is 20.2 Å². The summed E-state index contributed by atoms with van der Waals surface area (Å²) in [6.45, 7) is 3.34. The van der Waals surface area contributed by atoms with Crippen LogP contribution in [0, 0.1) is 15.4 Å². The van der Waals surface area contributed by atoms with Gasteiger partial charge in [0.25, 0.3) is 0 Å². The summed E-state index contributed by atoms with van der Waals surface area (Å²) in [6.07, 6.45) is 0. The van der Waals surface area contributed by atoms with Crippen LogP contribution < -0.4 is 0 Å². The van der Waals surface area contributed by atoms with Crippen molar-refractivity contribution in [2.45, 2.75) is 19.4 Å². The standard InChI is InChI=1S/C10H11O.C5H4I.Fe/c1-10(2,11)8-7-9-5-3-4-6-9;6-5-3-1-2-4-5;/h3-6,11H,1-2H3;1-4H;/q-1;-5;. The van der Waals surface area contributed by atoms with Gasteiger partial charge in [0.15, 0.2) is 0 Å². The summed E-state index contributed by atoms with van der Waals surface area (Å²) in [5.74, 6) is 5.59. The minimum Gasteiger partial charge on any atom is -0.747 e. The predicted molar refractivity (Wildman–Crippen MR) is 80.0 cm³/mol. The second-order valence-corrected chi connectivity index (χ2v) is 5.33. The molecule has 2 rings (SSSR count). The minimum absolute atomic E-state index is 0. The number of hydrogen-bond donors (Lipinski definition) is 1. The van der Waals surface area contributed by atoms with Crippen LogP contribution in [0.3, 0.4) is 0 Å². The molecule has 0 heterocycles. The van der Waals surface area contributed by atoms with Crippen molar-refractivity contribution in [1.29, 1.82) is 0 Å². The third kappa shape index (κ3) is 8.54. The molecule has 0 amide bonds. The summed E-state index contributed by atoms with van der Waals surface area (Å²) in [6, 6.07) is 15.9. The normalized spacial score (nSPS) is 9.33. The van der Waals surface area contributed by atoms with Crippen molar-refractivity contribution in [2.24, 2.45) is 0 Å². The zero-order valence-electron chi connectivity index (χ0n) is 10.3. The first-order valence-corrected chi connectivity index (χ1v) is 6.40. The third-order valence-electron chi connectivity index (χ3n) is 1.80. The van der Waals surface area contributed by atoms with Crippen LogP contribution in [0.2, 0.25) is 0 Å². The van der Waals surface area contributed by atoms with Gasteiger partial charge in [-0.3, -0.25) is 0 Å². The van der Waals surface area contributed by atoms with Crippen molar-refractivity contribution in [2.75, 3.05) is 0 Å². The third-order valence-corrected chi connectivity index (χ3v) is 2.52. The molecule has 0 aliphatic heterocycles. The Kier molecular flexibility index (Phi) is 8.30. The SMILES string of the molecule is CC(C)(O)C#C[c-]1cccc1.I[c-]1[cH-][cH-][cH-][cH-]1.[Fe]. The van der Waals surface area contributed by atoms with Gasteiger partial charge >= 0.3 is 0 Å². The summed E-state index contributed by atoms with van der Waals surface area (Å²) in [4.78, 5) is 0. The summed E-state index contributed by atoms with van der Waals surface area (Å²) in [7, 11) is 0. The average molecular weight is 394 g/mol.